The molecule has 2 aliphatic rings. The summed E-state index contributed by atoms with van der Waals surface area (Å²) in [6.07, 6.45) is -4.25. The highest BCUT2D eigenvalue weighted by Crippen LogP contribution is 2.29. The zero-order chi connectivity index (χ0) is 20.2. The lowest BCUT2D eigenvalue weighted by Gasteiger charge is -2.36. The number of aromatic nitrogens is 1. The number of aliphatic hydroxyl groups is 1. The number of β-amino-alcohol motifs (C(OH)–C–C–N with tert-alkyl or cyclic N) is 1. The Bertz CT molecular complexity index is 628. The van der Waals surface area contributed by atoms with Crippen LogP contribution in [0.3, 0.4) is 0 Å². The van der Waals surface area contributed by atoms with E-state index in [9.17, 15) is 18.0 Å². The van der Waals surface area contributed by atoms with E-state index in [2.05, 4.69) is 10.3 Å². The Morgan fingerprint density at radius 3 is 2.21 bits per heavy atom. The van der Waals surface area contributed by atoms with Crippen molar-refractivity contribution >= 4 is 18.5 Å². The van der Waals surface area contributed by atoms with Crippen molar-refractivity contribution in [1.29, 1.82) is 0 Å². The highest BCUT2D eigenvalue weighted by molar-refractivity contribution is 5.85. The van der Waals surface area contributed by atoms with Crippen LogP contribution in [0.5, 0.6) is 5.88 Å². The molecule has 0 spiro atoms. The lowest BCUT2D eigenvalue weighted by molar-refractivity contribution is -0.137. The van der Waals surface area contributed by atoms with Crippen LogP contribution in [0.15, 0.2) is 18.3 Å². The fourth-order valence-electron chi connectivity index (χ4n) is 2.06. The first-order valence-corrected chi connectivity index (χ1v) is 8.50. The van der Waals surface area contributed by atoms with Crippen molar-refractivity contribution in [3.63, 3.8) is 0 Å². The molecule has 1 aromatic rings. The molecule has 2 aliphatic heterocycles. The van der Waals surface area contributed by atoms with Gasteiger partial charge in [0.15, 0.2) is 0 Å². The molecule has 1 amide bonds. The van der Waals surface area contributed by atoms with E-state index in [1.165, 1.54) is 11.0 Å². The molecule has 0 radical (unpaired) electrons. The van der Waals surface area contributed by atoms with Gasteiger partial charge >= 0.3 is 12.3 Å². The second-order valence-corrected chi connectivity index (χ2v) is 7.32. The minimum absolute atomic E-state index is 0. The lowest BCUT2D eigenvalue weighted by atomic mass is 10.2. The number of nitrogens with zero attached hydrogens (tertiary/aromatic N) is 2. The number of hydrogen-bond donors (Lipinski definition) is 2. The van der Waals surface area contributed by atoms with Gasteiger partial charge in [-0.25, -0.2) is 9.78 Å². The van der Waals surface area contributed by atoms with Crippen LogP contribution in [0.4, 0.5) is 18.0 Å². The molecule has 3 heterocycles. The molecule has 1 aromatic heterocycles. The van der Waals surface area contributed by atoms with E-state index in [1.807, 2.05) is 20.8 Å². The molecule has 0 atom stereocenters. The maximum absolute atomic E-state index is 12.2. The average molecular weight is 428 g/mol. The number of rotatable bonds is 2. The molecule has 0 unspecified atom stereocenters. The molecule has 0 saturated carbocycles. The van der Waals surface area contributed by atoms with Crippen LogP contribution in [-0.2, 0) is 10.9 Å². The summed E-state index contributed by atoms with van der Waals surface area (Å²) in [6.45, 7) is 7.68. The van der Waals surface area contributed by atoms with Gasteiger partial charge in [-0.05, 0) is 26.8 Å². The van der Waals surface area contributed by atoms with Crippen molar-refractivity contribution in [1.82, 2.24) is 15.2 Å². The first-order chi connectivity index (χ1) is 12.4. The van der Waals surface area contributed by atoms with Gasteiger partial charge in [0, 0.05) is 25.4 Å². The molecule has 2 N–H and O–H groups in total. The fraction of sp³-hybridized carbons (Fsp3) is 0.647. The van der Waals surface area contributed by atoms with Gasteiger partial charge in [-0.1, -0.05) is 0 Å². The second kappa shape index (κ2) is 9.62. The number of alkyl halides is 3. The van der Waals surface area contributed by atoms with Crippen LogP contribution in [0.25, 0.3) is 0 Å². The van der Waals surface area contributed by atoms with Crippen LogP contribution in [0.2, 0.25) is 0 Å². The molecule has 3 rings (SSSR count). The molecular formula is C17H25ClF3N3O4. The molecular weight excluding hydrogens is 403 g/mol. The zero-order valence-electron chi connectivity index (χ0n) is 15.8. The molecule has 7 nitrogen and oxygen atoms in total. The molecule has 2 fully saturated rings. The third-order valence-corrected chi connectivity index (χ3v) is 3.61. The Labute approximate surface area is 167 Å². The number of halogens is 4. The van der Waals surface area contributed by atoms with Crippen LogP contribution >= 0.6 is 12.4 Å². The highest BCUT2D eigenvalue weighted by atomic mass is 35.5. The minimum atomic E-state index is -4.34. The van der Waals surface area contributed by atoms with Crippen molar-refractivity contribution < 1.29 is 32.5 Å². The summed E-state index contributed by atoms with van der Waals surface area (Å²) in [5.74, 6) is 0.231. The van der Waals surface area contributed by atoms with Crippen molar-refractivity contribution in [3.05, 3.63) is 23.9 Å². The second-order valence-electron chi connectivity index (χ2n) is 7.32. The summed E-state index contributed by atoms with van der Waals surface area (Å²) in [5, 5.41) is 11.9. The van der Waals surface area contributed by atoms with Gasteiger partial charge in [-0.3, -0.25) is 0 Å². The first kappa shape index (κ1) is 24.3. The molecule has 0 bridgehead atoms. The molecule has 2 saturated heterocycles. The molecule has 11 heteroatoms. The molecule has 28 heavy (non-hydrogen) atoms. The Balaban J connectivity index is 0.000000277. The maximum atomic E-state index is 12.2. The summed E-state index contributed by atoms with van der Waals surface area (Å²) < 4.78 is 46.8. The van der Waals surface area contributed by atoms with Crippen LogP contribution in [0.1, 0.15) is 26.3 Å². The van der Waals surface area contributed by atoms with Crippen molar-refractivity contribution in [2.24, 2.45) is 0 Å². The summed E-state index contributed by atoms with van der Waals surface area (Å²) in [7, 11) is 0. The quantitative estimate of drug-likeness (QED) is 0.754. The lowest BCUT2D eigenvalue weighted by Crippen LogP contribution is -2.54. The van der Waals surface area contributed by atoms with E-state index in [1.54, 1.807) is 0 Å². The maximum Gasteiger partial charge on any atom is 0.417 e. The minimum Gasteiger partial charge on any atom is -0.472 e. The van der Waals surface area contributed by atoms with E-state index in [-0.39, 0.29) is 36.6 Å². The van der Waals surface area contributed by atoms with Gasteiger partial charge in [-0.15, -0.1) is 12.4 Å². The van der Waals surface area contributed by atoms with Gasteiger partial charge < -0.3 is 24.8 Å². The van der Waals surface area contributed by atoms with Crippen molar-refractivity contribution in [3.8, 4) is 5.88 Å². The zero-order valence-corrected chi connectivity index (χ0v) is 16.6. The number of aliphatic hydroxyl groups excluding tert-OH is 1. The number of ether oxygens (including phenoxy) is 2. The van der Waals surface area contributed by atoms with Gasteiger partial charge in [0.1, 0.15) is 11.7 Å². The third kappa shape index (κ3) is 7.69. The van der Waals surface area contributed by atoms with Crippen molar-refractivity contribution in [2.75, 3.05) is 26.2 Å². The summed E-state index contributed by atoms with van der Waals surface area (Å²) >= 11 is 0. The van der Waals surface area contributed by atoms with Gasteiger partial charge in [0.05, 0.1) is 24.8 Å². The van der Waals surface area contributed by atoms with Gasteiger partial charge in [-0.2, -0.15) is 13.2 Å². The number of nitrogens with one attached hydrogen (secondary N) is 1. The number of carbonyl (C=O) groups excluding carboxylic acids is 1. The van der Waals surface area contributed by atoms with E-state index in [0.29, 0.717) is 26.2 Å². The van der Waals surface area contributed by atoms with E-state index < -0.39 is 17.3 Å². The summed E-state index contributed by atoms with van der Waals surface area (Å²) in [4.78, 5) is 16.3. The van der Waals surface area contributed by atoms with Crippen LogP contribution < -0.4 is 10.1 Å². The first-order valence-electron chi connectivity index (χ1n) is 8.50. The van der Waals surface area contributed by atoms with Crippen LogP contribution in [0, 0.1) is 0 Å². The Kier molecular flexibility index (Phi) is 8.33. The van der Waals surface area contributed by atoms with Gasteiger partial charge in [0.25, 0.3) is 0 Å². The van der Waals surface area contributed by atoms with E-state index in [0.717, 1.165) is 12.3 Å². The van der Waals surface area contributed by atoms with Crippen LogP contribution in [-0.4, -0.2) is 65.1 Å². The number of likely N-dealkylation sites (tertiary alicyclic amines) is 1. The normalized spacial score (nSPS) is 17.3. The molecule has 160 valence electrons. The molecule has 0 aromatic carbocycles. The Morgan fingerprint density at radius 2 is 1.86 bits per heavy atom. The summed E-state index contributed by atoms with van der Waals surface area (Å²) in [6, 6.07) is 2.20. The van der Waals surface area contributed by atoms with E-state index >= 15 is 0 Å². The largest absolute Gasteiger partial charge is 0.472 e. The smallest absolute Gasteiger partial charge is 0.417 e. The third-order valence-electron chi connectivity index (χ3n) is 3.61. The standard InChI is InChI=1S/C9H9F3N2O.C8H15NO3.ClH/c10-9(11,12)6-1-2-8(14-3-6)15-7-4-13-5-7;1-8(2,3)12-7(11)9-4-6(10)5-9;/h1-3,7,13H,4-5H2;6,10H,4-5H2,1-3H3;1H. The predicted octanol–water partition coefficient (Wildman–Crippen LogP) is 2.47. The number of carbonyl (C=O) groups is 1. The SMILES string of the molecule is CC(C)(C)OC(=O)N1CC(O)C1.Cl.FC(F)(F)c1ccc(OC2CNC2)nc1. The fourth-order valence-corrected chi connectivity index (χ4v) is 2.06. The van der Waals surface area contributed by atoms with Crippen molar-refractivity contribution in [2.45, 2.75) is 44.8 Å². The average Bonchev–Trinajstić information content (AvgIpc) is 2.46. The molecule has 0 aliphatic carbocycles. The predicted molar refractivity (Wildman–Crippen MR) is 97.6 cm³/mol. The summed E-state index contributed by atoms with van der Waals surface area (Å²) in [5.41, 5.74) is -1.21. The monoisotopic (exact) mass is 427 g/mol. The Hall–Kier alpha value is -1.78. The number of pyridine rings is 1. The Morgan fingerprint density at radius 1 is 1.25 bits per heavy atom. The van der Waals surface area contributed by atoms with Gasteiger partial charge in [0.2, 0.25) is 5.88 Å². The van der Waals surface area contributed by atoms with E-state index in [4.69, 9.17) is 14.6 Å². The highest BCUT2D eigenvalue weighted by Gasteiger charge is 2.32. The number of hydrogen-bond acceptors (Lipinski definition) is 6. The topological polar surface area (TPSA) is 83.9 Å². The number of amides is 1.